The number of alkyl halides is 3. The van der Waals surface area contributed by atoms with Crippen molar-refractivity contribution in [3.8, 4) is 28.5 Å². The Kier molecular flexibility index (Phi) is 5.13. The second-order valence-electron chi connectivity index (χ2n) is 6.19. The number of halogens is 5. The zero-order valence-corrected chi connectivity index (χ0v) is 15.7. The lowest BCUT2D eigenvalue weighted by Gasteiger charge is -2.10. The fraction of sp³-hybridized carbons (Fsp3) is 0.111. The van der Waals surface area contributed by atoms with Crippen molar-refractivity contribution in [3.05, 3.63) is 58.9 Å². The maximum Gasteiger partial charge on any atom is 0.453 e. The summed E-state index contributed by atoms with van der Waals surface area (Å²) in [6.07, 6.45) is -5.08. The molecule has 1 aromatic heterocycles. The molecule has 0 aliphatic heterocycles. The number of nitriles is 1. The highest BCUT2D eigenvalue weighted by Gasteiger charge is 2.41. The van der Waals surface area contributed by atoms with Crippen molar-refractivity contribution in [1.82, 2.24) is 5.16 Å². The number of hydrogen-bond acceptors (Lipinski definition) is 5. The average Bonchev–Trinajstić information content (AvgIpc) is 3.05. The molecule has 0 saturated carbocycles. The van der Waals surface area contributed by atoms with E-state index in [1.807, 2.05) is 6.07 Å². The molecule has 0 unspecified atom stereocenters. The first-order valence-electron chi connectivity index (χ1n) is 7.94. The van der Waals surface area contributed by atoms with E-state index < -0.39 is 55.3 Å². The van der Waals surface area contributed by atoms with E-state index in [0.29, 0.717) is 17.7 Å². The van der Waals surface area contributed by atoms with Crippen molar-refractivity contribution in [2.75, 3.05) is 0 Å². The molecular weight excluding hydrogens is 433 g/mol. The van der Waals surface area contributed by atoms with Gasteiger partial charge in [0.2, 0.25) is 15.8 Å². The van der Waals surface area contributed by atoms with Crippen LogP contribution in [0.4, 0.5) is 22.0 Å². The van der Waals surface area contributed by atoms with E-state index in [9.17, 15) is 30.4 Å². The second kappa shape index (κ2) is 7.19. The largest absolute Gasteiger partial charge is 0.453 e. The first-order chi connectivity index (χ1) is 13.8. The normalized spacial score (nSPS) is 12.1. The third-order valence-electron chi connectivity index (χ3n) is 4.14. The predicted molar refractivity (Wildman–Crippen MR) is 93.1 cm³/mol. The second-order valence-corrected chi connectivity index (χ2v) is 7.69. The molecule has 0 aliphatic rings. The van der Waals surface area contributed by atoms with Gasteiger partial charge in [0.1, 0.15) is 17.3 Å². The van der Waals surface area contributed by atoms with Crippen molar-refractivity contribution < 1.29 is 34.9 Å². The van der Waals surface area contributed by atoms with E-state index in [2.05, 4.69) is 9.68 Å². The van der Waals surface area contributed by atoms with Gasteiger partial charge >= 0.3 is 6.18 Å². The van der Waals surface area contributed by atoms with Crippen molar-refractivity contribution in [2.24, 2.45) is 5.14 Å². The van der Waals surface area contributed by atoms with Gasteiger partial charge < -0.3 is 4.52 Å². The van der Waals surface area contributed by atoms with Crippen LogP contribution in [0.3, 0.4) is 0 Å². The molecule has 3 aromatic rings. The van der Waals surface area contributed by atoms with E-state index >= 15 is 0 Å². The molecule has 0 spiro atoms. The van der Waals surface area contributed by atoms with Gasteiger partial charge in [-0.15, -0.1) is 0 Å². The van der Waals surface area contributed by atoms with Crippen molar-refractivity contribution in [2.45, 2.75) is 18.0 Å². The summed E-state index contributed by atoms with van der Waals surface area (Å²) in [5.41, 5.74) is -1.11. The van der Waals surface area contributed by atoms with E-state index in [-0.39, 0.29) is 11.1 Å². The molecule has 0 radical (unpaired) electrons. The minimum absolute atomic E-state index is 0.0806. The fourth-order valence-corrected chi connectivity index (χ4v) is 3.52. The Bertz CT molecular complexity index is 1280. The predicted octanol–water partition coefficient (Wildman–Crippen LogP) is 4.13. The van der Waals surface area contributed by atoms with Gasteiger partial charge in [0.15, 0.2) is 4.90 Å². The van der Waals surface area contributed by atoms with Crippen LogP contribution >= 0.6 is 0 Å². The van der Waals surface area contributed by atoms with Crippen LogP contribution in [0.2, 0.25) is 0 Å². The van der Waals surface area contributed by atoms with Crippen LogP contribution < -0.4 is 5.14 Å². The Hall–Kier alpha value is -3.30. The first-order valence-corrected chi connectivity index (χ1v) is 9.49. The van der Waals surface area contributed by atoms with Crippen molar-refractivity contribution in [1.29, 1.82) is 5.26 Å². The summed E-state index contributed by atoms with van der Waals surface area (Å²) in [6.45, 7) is 1.53. The van der Waals surface area contributed by atoms with Gasteiger partial charge in [-0.25, -0.2) is 22.3 Å². The first kappa shape index (κ1) is 21.4. The molecule has 3 rings (SSSR count). The Labute approximate surface area is 166 Å². The maximum atomic E-state index is 14.3. The summed E-state index contributed by atoms with van der Waals surface area (Å²) >= 11 is 0. The molecule has 2 aromatic carbocycles. The van der Waals surface area contributed by atoms with Crippen LogP contribution in [-0.4, -0.2) is 13.6 Å². The van der Waals surface area contributed by atoms with Crippen LogP contribution in [0.15, 0.2) is 39.8 Å². The molecule has 12 heteroatoms. The Morgan fingerprint density at radius 1 is 1.10 bits per heavy atom. The number of aromatic nitrogens is 1. The highest BCUT2D eigenvalue weighted by molar-refractivity contribution is 7.89. The molecular formula is C18H10F5N3O3S. The van der Waals surface area contributed by atoms with E-state index in [0.717, 1.165) is 0 Å². The van der Waals surface area contributed by atoms with Gasteiger partial charge in [0.05, 0.1) is 17.2 Å². The average molecular weight is 443 g/mol. The summed E-state index contributed by atoms with van der Waals surface area (Å²) in [5.74, 6) is -4.99. The minimum Gasteiger partial charge on any atom is -0.350 e. The van der Waals surface area contributed by atoms with Gasteiger partial charge in [-0.1, -0.05) is 11.2 Å². The topological polar surface area (TPSA) is 110 Å². The summed E-state index contributed by atoms with van der Waals surface area (Å²) in [4.78, 5) is -1.48. The lowest BCUT2D eigenvalue weighted by Crippen LogP contribution is -2.16. The highest BCUT2D eigenvalue weighted by Crippen LogP contribution is 2.43. The van der Waals surface area contributed by atoms with Crippen LogP contribution in [-0.2, 0) is 16.2 Å². The summed E-state index contributed by atoms with van der Waals surface area (Å²) in [5, 5.41) is 17.1. The lowest BCUT2D eigenvalue weighted by molar-refractivity contribution is -0.154. The lowest BCUT2D eigenvalue weighted by atomic mass is 9.96. The molecule has 0 fully saturated rings. The van der Waals surface area contributed by atoms with Crippen LogP contribution in [0.1, 0.15) is 16.9 Å². The smallest absolute Gasteiger partial charge is 0.350 e. The quantitative estimate of drug-likeness (QED) is 0.612. The zero-order valence-electron chi connectivity index (χ0n) is 14.9. The van der Waals surface area contributed by atoms with Gasteiger partial charge in [-0.05, 0) is 42.3 Å². The third-order valence-corrected chi connectivity index (χ3v) is 5.10. The number of nitrogens with two attached hydrogens (primary N) is 1. The Morgan fingerprint density at radius 3 is 2.17 bits per heavy atom. The SMILES string of the molecule is Cc1cc(-c2noc(C(F)(F)F)c2-c2cc(F)c(S(N)(=O)=O)c(F)c2)ccc1C#N. The standard InChI is InChI=1S/C18H10F5N3O3S/c1-8-4-9(2-3-10(8)7-24)15-14(17(29-26-15)18(21,22)23)11-5-12(19)16(13(20)6-11)30(25,27)28/h2-6H,1H3,(H2,25,27,28). The van der Waals surface area contributed by atoms with Gasteiger partial charge in [-0.3, -0.25) is 0 Å². The number of hydrogen-bond donors (Lipinski definition) is 1. The molecule has 30 heavy (non-hydrogen) atoms. The highest BCUT2D eigenvalue weighted by atomic mass is 32.2. The molecule has 6 nitrogen and oxygen atoms in total. The van der Waals surface area contributed by atoms with Crippen molar-refractivity contribution >= 4 is 10.0 Å². The van der Waals surface area contributed by atoms with Crippen LogP contribution in [0.5, 0.6) is 0 Å². The zero-order chi connectivity index (χ0) is 22.4. The van der Waals surface area contributed by atoms with Gasteiger partial charge in [0, 0.05) is 5.56 Å². The molecule has 2 N–H and O–H groups in total. The number of aryl methyl sites for hydroxylation is 1. The number of benzene rings is 2. The summed E-state index contributed by atoms with van der Waals surface area (Å²) in [6, 6.07) is 6.66. The summed E-state index contributed by atoms with van der Waals surface area (Å²) < 4.78 is 96.0. The number of primary sulfonamides is 1. The molecule has 156 valence electrons. The number of sulfonamides is 1. The van der Waals surface area contributed by atoms with E-state index in [1.165, 1.54) is 25.1 Å². The molecule has 0 atom stereocenters. The fourth-order valence-electron chi connectivity index (χ4n) is 2.86. The van der Waals surface area contributed by atoms with E-state index in [4.69, 9.17) is 10.4 Å². The van der Waals surface area contributed by atoms with Gasteiger partial charge in [0.25, 0.3) is 0 Å². The molecule has 0 aliphatic carbocycles. The Morgan fingerprint density at radius 2 is 1.70 bits per heavy atom. The molecule has 0 saturated heterocycles. The summed E-state index contributed by atoms with van der Waals surface area (Å²) in [7, 11) is -4.81. The Balaban J connectivity index is 2.33. The van der Waals surface area contributed by atoms with Crippen LogP contribution in [0, 0.1) is 29.9 Å². The minimum atomic E-state index is -5.08. The van der Waals surface area contributed by atoms with Crippen LogP contribution in [0.25, 0.3) is 22.4 Å². The van der Waals surface area contributed by atoms with Gasteiger partial charge in [-0.2, -0.15) is 18.4 Å². The van der Waals surface area contributed by atoms with E-state index in [1.54, 1.807) is 0 Å². The number of nitrogens with zero attached hydrogens (tertiary/aromatic N) is 2. The third kappa shape index (κ3) is 3.77. The monoisotopic (exact) mass is 443 g/mol. The van der Waals surface area contributed by atoms with Crippen molar-refractivity contribution in [3.63, 3.8) is 0 Å². The molecule has 1 heterocycles. The number of rotatable bonds is 3. The maximum absolute atomic E-state index is 14.3. The molecule has 0 amide bonds. The molecule has 0 bridgehead atoms.